The molecule has 1 nitrogen and oxygen atoms in total. The van der Waals surface area contributed by atoms with Gasteiger partial charge in [0.2, 0.25) is 0 Å². The molecule has 0 aliphatic heterocycles. The predicted octanol–water partition coefficient (Wildman–Crippen LogP) is 2.47. The van der Waals surface area contributed by atoms with Gasteiger partial charge >= 0.3 is 0 Å². The maximum Gasteiger partial charge on any atom is 0.0715 e. The fraction of sp³-hybridized carbons (Fsp3) is 0.273. The van der Waals surface area contributed by atoms with Gasteiger partial charge in [0.1, 0.15) is 0 Å². The number of halogens is 1. The largest absolute Gasteiger partial charge is 0.392 e. The van der Waals surface area contributed by atoms with Gasteiger partial charge in [0, 0.05) is 5.88 Å². The van der Waals surface area contributed by atoms with Crippen LogP contribution in [0.5, 0.6) is 0 Å². The molecule has 0 amide bonds. The Bertz CT molecular complexity index is 283. The molecule has 1 aromatic carbocycles. The maximum absolute atomic E-state index is 9.32. The van der Waals surface area contributed by atoms with Crippen molar-refractivity contribution < 1.29 is 5.11 Å². The molecule has 2 heteroatoms. The predicted molar refractivity (Wildman–Crippen MR) is 57.0 cm³/mol. The topological polar surface area (TPSA) is 20.2 Å². The summed E-state index contributed by atoms with van der Waals surface area (Å²) < 4.78 is 0. The van der Waals surface area contributed by atoms with E-state index in [1.165, 1.54) is 0 Å². The lowest BCUT2D eigenvalue weighted by atomic mass is 10.1. The molecule has 0 heterocycles. The number of aliphatic hydroxyl groups excluding tert-OH is 1. The third-order valence-corrected chi connectivity index (χ3v) is 2.19. The van der Waals surface area contributed by atoms with E-state index < -0.39 is 6.10 Å². The fourth-order valence-electron chi connectivity index (χ4n) is 1.17. The molecule has 1 aromatic rings. The lowest BCUT2D eigenvalue weighted by Gasteiger charge is -2.06. The maximum atomic E-state index is 9.32. The lowest BCUT2D eigenvalue weighted by molar-refractivity contribution is 0.199. The van der Waals surface area contributed by atoms with Crippen LogP contribution in [0.2, 0.25) is 0 Å². The highest BCUT2D eigenvalue weighted by Crippen LogP contribution is 2.09. The first-order valence-corrected chi connectivity index (χ1v) is 4.75. The number of alkyl halides is 1. The Labute approximate surface area is 83.7 Å². The summed E-state index contributed by atoms with van der Waals surface area (Å²) >= 11 is 5.51. The second kappa shape index (κ2) is 5.05. The normalized spacial score (nSPS) is 12.5. The van der Waals surface area contributed by atoms with Crippen molar-refractivity contribution in [1.29, 1.82) is 0 Å². The zero-order valence-corrected chi connectivity index (χ0v) is 8.17. The van der Waals surface area contributed by atoms with Crippen LogP contribution in [0.15, 0.2) is 30.8 Å². The molecular formula is C11H13ClO. The van der Waals surface area contributed by atoms with Gasteiger partial charge in [0.15, 0.2) is 0 Å². The molecule has 13 heavy (non-hydrogen) atoms. The minimum absolute atomic E-state index is 0.276. The Morgan fingerprint density at radius 1 is 1.54 bits per heavy atom. The summed E-state index contributed by atoms with van der Waals surface area (Å²) in [5.74, 6) is 0.276. The van der Waals surface area contributed by atoms with Crippen LogP contribution in [-0.2, 0) is 6.42 Å². The van der Waals surface area contributed by atoms with Crippen LogP contribution < -0.4 is 0 Å². The Morgan fingerprint density at radius 3 is 2.92 bits per heavy atom. The van der Waals surface area contributed by atoms with Crippen molar-refractivity contribution in [2.24, 2.45) is 0 Å². The fourth-order valence-corrected chi connectivity index (χ4v) is 1.28. The van der Waals surface area contributed by atoms with Crippen molar-refractivity contribution in [3.63, 3.8) is 0 Å². The number of hydrogen-bond acceptors (Lipinski definition) is 1. The van der Waals surface area contributed by atoms with Crippen molar-refractivity contribution in [2.75, 3.05) is 5.88 Å². The third-order valence-electron chi connectivity index (χ3n) is 1.84. The Hall–Kier alpha value is -0.790. The Balaban J connectivity index is 2.71. The summed E-state index contributed by atoms with van der Waals surface area (Å²) in [6.07, 6.45) is 1.93. The first-order valence-electron chi connectivity index (χ1n) is 4.21. The van der Waals surface area contributed by atoms with Crippen LogP contribution in [0.3, 0.4) is 0 Å². The number of hydrogen-bond donors (Lipinski definition) is 1. The van der Waals surface area contributed by atoms with E-state index in [0.717, 1.165) is 11.1 Å². The standard InChI is InChI=1S/C11H13ClO/c1-2-9-4-3-5-10(6-9)7-11(13)8-12/h2-6,11,13H,1,7-8H2. The van der Waals surface area contributed by atoms with Gasteiger partial charge in [-0.25, -0.2) is 0 Å². The molecule has 0 aromatic heterocycles. The van der Waals surface area contributed by atoms with Crippen LogP contribution in [0, 0.1) is 0 Å². The Kier molecular flexibility index (Phi) is 4.00. The molecule has 0 aliphatic carbocycles. The zero-order valence-electron chi connectivity index (χ0n) is 7.41. The molecular weight excluding hydrogens is 184 g/mol. The summed E-state index contributed by atoms with van der Waals surface area (Å²) in [6.45, 7) is 3.68. The van der Waals surface area contributed by atoms with Gasteiger partial charge in [-0.1, -0.05) is 36.9 Å². The summed E-state index contributed by atoms with van der Waals surface area (Å²) in [5, 5.41) is 9.32. The van der Waals surface area contributed by atoms with Crippen LogP contribution in [-0.4, -0.2) is 17.1 Å². The van der Waals surface area contributed by atoms with Gasteiger partial charge in [-0.2, -0.15) is 0 Å². The van der Waals surface area contributed by atoms with Crippen molar-refractivity contribution >= 4 is 17.7 Å². The van der Waals surface area contributed by atoms with Crippen LogP contribution in [0.4, 0.5) is 0 Å². The van der Waals surface area contributed by atoms with Crippen LogP contribution in [0.1, 0.15) is 11.1 Å². The molecule has 70 valence electrons. The quantitative estimate of drug-likeness (QED) is 0.734. The van der Waals surface area contributed by atoms with E-state index in [1.807, 2.05) is 24.3 Å². The molecule has 1 atom stereocenters. The van der Waals surface area contributed by atoms with Crippen molar-refractivity contribution in [3.05, 3.63) is 42.0 Å². The van der Waals surface area contributed by atoms with Gasteiger partial charge < -0.3 is 5.11 Å². The van der Waals surface area contributed by atoms with E-state index in [0.29, 0.717) is 6.42 Å². The van der Waals surface area contributed by atoms with Gasteiger partial charge in [-0.05, 0) is 17.5 Å². The highest BCUT2D eigenvalue weighted by atomic mass is 35.5. The molecule has 1 N–H and O–H groups in total. The first kappa shape index (κ1) is 10.3. The second-order valence-electron chi connectivity index (χ2n) is 2.96. The molecule has 0 fully saturated rings. The summed E-state index contributed by atoms with van der Waals surface area (Å²) in [4.78, 5) is 0. The Morgan fingerprint density at radius 2 is 2.31 bits per heavy atom. The average molecular weight is 197 g/mol. The molecule has 0 saturated heterocycles. The average Bonchev–Trinajstić information content (AvgIpc) is 2.18. The highest BCUT2D eigenvalue weighted by Gasteiger charge is 2.03. The van der Waals surface area contributed by atoms with E-state index in [2.05, 4.69) is 6.58 Å². The van der Waals surface area contributed by atoms with E-state index in [4.69, 9.17) is 11.6 Å². The lowest BCUT2D eigenvalue weighted by Crippen LogP contribution is -2.11. The number of aliphatic hydroxyl groups is 1. The van der Waals surface area contributed by atoms with E-state index >= 15 is 0 Å². The van der Waals surface area contributed by atoms with Gasteiger partial charge in [-0.15, -0.1) is 11.6 Å². The summed E-state index contributed by atoms with van der Waals surface area (Å²) in [5.41, 5.74) is 2.16. The van der Waals surface area contributed by atoms with E-state index in [9.17, 15) is 5.11 Å². The summed E-state index contributed by atoms with van der Waals surface area (Å²) in [7, 11) is 0. The monoisotopic (exact) mass is 196 g/mol. The van der Waals surface area contributed by atoms with Gasteiger partial charge in [0.25, 0.3) is 0 Å². The number of rotatable bonds is 4. The van der Waals surface area contributed by atoms with Gasteiger partial charge in [0.05, 0.1) is 6.10 Å². The summed E-state index contributed by atoms with van der Waals surface area (Å²) in [6, 6.07) is 7.91. The third kappa shape index (κ3) is 3.21. The molecule has 0 saturated carbocycles. The van der Waals surface area contributed by atoms with E-state index in [1.54, 1.807) is 6.08 Å². The molecule has 0 aliphatic rings. The zero-order chi connectivity index (χ0) is 9.68. The molecule has 1 unspecified atom stereocenters. The molecule has 0 radical (unpaired) electrons. The molecule has 0 bridgehead atoms. The minimum Gasteiger partial charge on any atom is -0.392 e. The highest BCUT2D eigenvalue weighted by molar-refractivity contribution is 6.18. The van der Waals surface area contributed by atoms with Crippen molar-refractivity contribution in [1.82, 2.24) is 0 Å². The van der Waals surface area contributed by atoms with Crippen LogP contribution >= 0.6 is 11.6 Å². The molecule has 1 rings (SSSR count). The number of benzene rings is 1. The minimum atomic E-state index is -0.457. The van der Waals surface area contributed by atoms with Gasteiger partial charge in [-0.3, -0.25) is 0 Å². The molecule has 0 spiro atoms. The van der Waals surface area contributed by atoms with Crippen LogP contribution in [0.25, 0.3) is 6.08 Å². The second-order valence-corrected chi connectivity index (χ2v) is 3.27. The van der Waals surface area contributed by atoms with E-state index in [-0.39, 0.29) is 5.88 Å². The first-order chi connectivity index (χ1) is 6.26. The SMILES string of the molecule is C=Cc1cccc(CC(O)CCl)c1. The smallest absolute Gasteiger partial charge is 0.0715 e. The van der Waals surface area contributed by atoms with Crippen molar-refractivity contribution in [2.45, 2.75) is 12.5 Å². The van der Waals surface area contributed by atoms with Crippen molar-refractivity contribution in [3.8, 4) is 0 Å².